The van der Waals surface area contributed by atoms with Gasteiger partial charge < -0.3 is 14.7 Å². The first-order valence-electron chi connectivity index (χ1n) is 9.86. The number of hydrogen-bond acceptors (Lipinski definition) is 5. The Kier molecular flexibility index (Phi) is 6.01. The molecule has 1 saturated carbocycles. The number of amides is 2. The van der Waals surface area contributed by atoms with E-state index in [2.05, 4.69) is 15.5 Å². The van der Waals surface area contributed by atoms with Crippen molar-refractivity contribution in [2.24, 2.45) is 5.92 Å². The Morgan fingerprint density at radius 1 is 1.06 bits per heavy atom. The van der Waals surface area contributed by atoms with Crippen molar-refractivity contribution in [3.8, 4) is 0 Å². The quantitative estimate of drug-likeness (QED) is 0.597. The maximum atomic E-state index is 13.6. The lowest BCUT2D eigenvalue weighted by Gasteiger charge is -2.21. The summed E-state index contributed by atoms with van der Waals surface area (Å²) < 4.78 is 32.5. The van der Waals surface area contributed by atoms with Crippen LogP contribution in [0.15, 0.2) is 53.3 Å². The number of nitrogens with zero attached hydrogens (tertiary/aromatic N) is 3. The largest absolute Gasteiger partial charge is 0.359 e. The second kappa shape index (κ2) is 9.03. The van der Waals surface area contributed by atoms with E-state index >= 15 is 0 Å². The van der Waals surface area contributed by atoms with Crippen molar-refractivity contribution in [3.05, 3.63) is 83.0 Å². The molecule has 0 unspecified atom stereocenters. The minimum atomic E-state index is -0.846. The van der Waals surface area contributed by atoms with Crippen LogP contribution in [0.5, 0.6) is 0 Å². The molecular formula is C22H20F2N4O3. The summed E-state index contributed by atoms with van der Waals surface area (Å²) in [5.74, 6) is -1.83. The number of carbonyl (C=O) groups excluding carboxylic acids is 2. The van der Waals surface area contributed by atoms with E-state index in [4.69, 9.17) is 4.52 Å². The molecule has 2 amide bonds. The molecule has 0 saturated heterocycles. The fourth-order valence-corrected chi connectivity index (χ4v) is 3.10. The van der Waals surface area contributed by atoms with E-state index < -0.39 is 17.5 Å². The van der Waals surface area contributed by atoms with E-state index in [-0.39, 0.29) is 36.0 Å². The van der Waals surface area contributed by atoms with Crippen LogP contribution >= 0.6 is 0 Å². The van der Waals surface area contributed by atoms with E-state index in [1.54, 1.807) is 24.5 Å². The van der Waals surface area contributed by atoms with Gasteiger partial charge in [0.05, 0.1) is 6.54 Å². The summed E-state index contributed by atoms with van der Waals surface area (Å²) in [7, 11) is 0. The first kappa shape index (κ1) is 20.6. The van der Waals surface area contributed by atoms with Gasteiger partial charge in [0.25, 0.3) is 11.8 Å². The SMILES string of the molecule is O=C(NCC1CC1)c1cc(CN(Cc2ccncc2)C(=O)c2cc(F)cc(F)c2)on1. The van der Waals surface area contributed by atoms with E-state index in [1.807, 2.05) is 0 Å². The molecule has 0 atom stereocenters. The first-order chi connectivity index (χ1) is 15.0. The third-order valence-corrected chi connectivity index (χ3v) is 4.91. The molecule has 160 valence electrons. The van der Waals surface area contributed by atoms with Crippen LogP contribution in [0.3, 0.4) is 0 Å². The van der Waals surface area contributed by atoms with Crippen LogP contribution in [-0.2, 0) is 13.1 Å². The maximum absolute atomic E-state index is 13.6. The second-order valence-electron chi connectivity index (χ2n) is 7.51. The summed E-state index contributed by atoms with van der Waals surface area (Å²) in [6, 6.07) is 7.56. The molecule has 0 bridgehead atoms. The molecule has 1 fully saturated rings. The highest BCUT2D eigenvalue weighted by Gasteiger charge is 2.24. The van der Waals surface area contributed by atoms with Crippen LogP contribution < -0.4 is 5.32 Å². The number of benzene rings is 1. The van der Waals surface area contributed by atoms with Gasteiger partial charge >= 0.3 is 0 Å². The third-order valence-electron chi connectivity index (χ3n) is 4.91. The molecule has 3 aromatic rings. The Morgan fingerprint density at radius 3 is 2.45 bits per heavy atom. The fraction of sp³-hybridized carbons (Fsp3) is 0.273. The summed E-state index contributed by atoms with van der Waals surface area (Å²) in [6.07, 6.45) is 5.38. The molecule has 1 aliphatic carbocycles. The molecule has 2 aromatic heterocycles. The molecule has 0 aliphatic heterocycles. The van der Waals surface area contributed by atoms with Crippen molar-refractivity contribution in [2.75, 3.05) is 6.54 Å². The van der Waals surface area contributed by atoms with Gasteiger partial charge in [0.15, 0.2) is 11.5 Å². The maximum Gasteiger partial charge on any atom is 0.273 e. The smallest absolute Gasteiger partial charge is 0.273 e. The van der Waals surface area contributed by atoms with Crippen LogP contribution in [0, 0.1) is 17.6 Å². The molecule has 2 heterocycles. The summed E-state index contributed by atoms with van der Waals surface area (Å²) in [6.45, 7) is 0.699. The Bertz CT molecular complexity index is 1060. The van der Waals surface area contributed by atoms with Gasteiger partial charge in [-0.2, -0.15) is 0 Å². The van der Waals surface area contributed by atoms with Crippen LogP contribution in [0.2, 0.25) is 0 Å². The molecular weight excluding hydrogens is 406 g/mol. The minimum absolute atomic E-state index is 0.0395. The number of hydrogen-bond donors (Lipinski definition) is 1. The zero-order valence-electron chi connectivity index (χ0n) is 16.6. The lowest BCUT2D eigenvalue weighted by molar-refractivity contribution is 0.0712. The van der Waals surface area contributed by atoms with E-state index in [9.17, 15) is 18.4 Å². The van der Waals surface area contributed by atoms with Crippen LogP contribution in [0.4, 0.5) is 8.78 Å². The van der Waals surface area contributed by atoms with Crippen LogP contribution in [0.1, 0.15) is 45.0 Å². The summed E-state index contributed by atoms with van der Waals surface area (Å²) in [4.78, 5) is 30.5. The van der Waals surface area contributed by atoms with E-state index in [1.165, 1.54) is 11.0 Å². The molecule has 4 rings (SSSR count). The number of halogens is 2. The predicted octanol–water partition coefficient (Wildman–Crippen LogP) is 3.33. The second-order valence-corrected chi connectivity index (χ2v) is 7.51. The third kappa shape index (κ3) is 5.50. The minimum Gasteiger partial charge on any atom is -0.359 e. The average molecular weight is 426 g/mol. The normalized spacial score (nSPS) is 13.1. The average Bonchev–Trinajstić information content (AvgIpc) is 3.47. The van der Waals surface area contributed by atoms with Gasteiger partial charge in [0.2, 0.25) is 0 Å². The molecule has 31 heavy (non-hydrogen) atoms. The highest BCUT2D eigenvalue weighted by atomic mass is 19.1. The Morgan fingerprint density at radius 2 is 1.77 bits per heavy atom. The number of carbonyl (C=O) groups is 2. The molecule has 1 aliphatic rings. The number of aromatic nitrogens is 2. The lowest BCUT2D eigenvalue weighted by Crippen LogP contribution is -2.30. The van der Waals surface area contributed by atoms with Crippen molar-refractivity contribution in [2.45, 2.75) is 25.9 Å². The van der Waals surface area contributed by atoms with Crippen molar-refractivity contribution in [3.63, 3.8) is 0 Å². The van der Waals surface area contributed by atoms with Crippen molar-refractivity contribution in [1.82, 2.24) is 20.4 Å². The monoisotopic (exact) mass is 426 g/mol. The Hall–Kier alpha value is -3.62. The van der Waals surface area contributed by atoms with Gasteiger partial charge in [0.1, 0.15) is 11.6 Å². The first-order valence-corrected chi connectivity index (χ1v) is 9.86. The standard InChI is InChI=1S/C22H20F2N4O3/c23-17-7-16(8-18(24)9-17)22(30)28(12-15-3-5-25-6-4-15)13-19-10-20(27-31-19)21(29)26-11-14-1-2-14/h3-10,14H,1-2,11-13H2,(H,26,29). The van der Waals surface area contributed by atoms with Gasteiger partial charge in [-0.15, -0.1) is 0 Å². The molecule has 1 aromatic carbocycles. The van der Waals surface area contributed by atoms with Crippen LogP contribution in [0.25, 0.3) is 0 Å². The molecule has 9 heteroatoms. The van der Waals surface area contributed by atoms with Crippen molar-refractivity contribution >= 4 is 11.8 Å². The van der Waals surface area contributed by atoms with Gasteiger partial charge in [-0.3, -0.25) is 14.6 Å². The van der Waals surface area contributed by atoms with Crippen molar-refractivity contribution in [1.29, 1.82) is 0 Å². The zero-order valence-corrected chi connectivity index (χ0v) is 16.6. The summed E-state index contributed by atoms with van der Waals surface area (Å²) in [5.41, 5.74) is 0.749. The lowest BCUT2D eigenvalue weighted by atomic mass is 10.1. The van der Waals surface area contributed by atoms with E-state index in [0.29, 0.717) is 18.5 Å². The molecule has 1 N–H and O–H groups in total. The molecule has 0 radical (unpaired) electrons. The number of pyridine rings is 1. The Labute approximate surface area is 177 Å². The summed E-state index contributed by atoms with van der Waals surface area (Å²) >= 11 is 0. The van der Waals surface area contributed by atoms with Crippen LogP contribution in [-0.4, -0.2) is 33.4 Å². The van der Waals surface area contributed by atoms with Crippen molar-refractivity contribution < 1.29 is 22.9 Å². The van der Waals surface area contributed by atoms with Gasteiger partial charge in [-0.25, -0.2) is 8.78 Å². The topological polar surface area (TPSA) is 88.3 Å². The van der Waals surface area contributed by atoms with E-state index in [0.717, 1.165) is 30.5 Å². The van der Waals surface area contributed by atoms with Gasteiger partial charge in [-0.05, 0) is 48.6 Å². The zero-order chi connectivity index (χ0) is 21.8. The van der Waals surface area contributed by atoms with Gasteiger partial charge in [-0.1, -0.05) is 5.16 Å². The molecule has 7 nitrogen and oxygen atoms in total. The highest BCUT2D eigenvalue weighted by Crippen LogP contribution is 2.27. The summed E-state index contributed by atoms with van der Waals surface area (Å²) in [5, 5.41) is 6.58. The number of nitrogens with one attached hydrogen (secondary N) is 1. The van der Waals surface area contributed by atoms with Gasteiger partial charge in [0, 0.05) is 43.2 Å². The highest BCUT2D eigenvalue weighted by molar-refractivity contribution is 5.94. The number of rotatable bonds is 8. The fourth-order valence-electron chi connectivity index (χ4n) is 3.10. The predicted molar refractivity (Wildman–Crippen MR) is 106 cm³/mol. The Balaban J connectivity index is 1.52. The molecule has 0 spiro atoms.